The first-order chi connectivity index (χ1) is 12.6. The molecule has 5 heteroatoms. The number of carbonyl (C=O) groups excluding carboxylic acids is 3. The number of carbonyl (C=O) groups is 3. The molecule has 0 radical (unpaired) electrons. The van der Waals surface area contributed by atoms with Crippen molar-refractivity contribution in [2.75, 3.05) is 6.54 Å². The molecule has 1 N–H and O–H groups in total. The lowest BCUT2D eigenvalue weighted by Gasteiger charge is -2.24. The minimum Gasteiger partial charge on any atom is -0.344 e. The summed E-state index contributed by atoms with van der Waals surface area (Å²) in [4.78, 5) is 38.7. The van der Waals surface area contributed by atoms with E-state index in [9.17, 15) is 14.4 Å². The third-order valence-corrected chi connectivity index (χ3v) is 5.21. The number of rotatable bonds is 4. The van der Waals surface area contributed by atoms with Gasteiger partial charge in [-0.3, -0.25) is 14.4 Å². The normalized spacial score (nSPS) is 19.5. The molecule has 0 aromatic heterocycles. The molecule has 1 aliphatic heterocycles. The van der Waals surface area contributed by atoms with E-state index in [0.29, 0.717) is 12.1 Å². The Kier molecular flexibility index (Phi) is 4.29. The SMILES string of the molecule is O=C(N[C@H]1CC(=O)N(C2Cc3ccccc3C2)C1)C(=O)c1ccccc1. The predicted octanol–water partition coefficient (Wildman–Crippen LogP) is 1.75. The molecule has 1 saturated heterocycles. The van der Waals surface area contributed by atoms with Gasteiger partial charge in [-0.2, -0.15) is 0 Å². The molecule has 26 heavy (non-hydrogen) atoms. The molecule has 0 unspecified atom stereocenters. The van der Waals surface area contributed by atoms with E-state index in [4.69, 9.17) is 0 Å². The number of hydrogen-bond donors (Lipinski definition) is 1. The number of nitrogens with one attached hydrogen (secondary N) is 1. The van der Waals surface area contributed by atoms with Crippen LogP contribution < -0.4 is 5.32 Å². The van der Waals surface area contributed by atoms with Crippen molar-refractivity contribution in [2.45, 2.75) is 31.3 Å². The molecule has 1 aliphatic carbocycles. The van der Waals surface area contributed by atoms with Crippen molar-refractivity contribution >= 4 is 17.6 Å². The number of fused-ring (bicyclic) bond motifs is 1. The Bertz CT molecular complexity index is 838. The van der Waals surface area contributed by atoms with Crippen LogP contribution in [-0.2, 0) is 22.4 Å². The highest BCUT2D eigenvalue weighted by Crippen LogP contribution is 2.28. The van der Waals surface area contributed by atoms with Gasteiger partial charge in [-0.05, 0) is 24.0 Å². The molecular formula is C21H20N2O3. The van der Waals surface area contributed by atoms with Crippen LogP contribution in [0.3, 0.4) is 0 Å². The second-order valence-corrected chi connectivity index (χ2v) is 6.95. The standard InChI is InChI=1S/C21H20N2O3/c24-19-12-17(22-21(26)20(25)14-6-2-1-3-7-14)13-23(19)18-10-15-8-4-5-9-16(15)11-18/h1-9,17-18H,10-13H2,(H,22,26)/t17-/m0/s1. The van der Waals surface area contributed by atoms with Gasteiger partial charge in [-0.15, -0.1) is 0 Å². The van der Waals surface area contributed by atoms with Gasteiger partial charge in [0.1, 0.15) is 0 Å². The average Bonchev–Trinajstić information content (AvgIpc) is 3.24. The molecule has 132 valence electrons. The molecule has 2 aromatic rings. The molecular weight excluding hydrogens is 328 g/mol. The molecule has 1 fully saturated rings. The van der Waals surface area contributed by atoms with Crippen molar-refractivity contribution < 1.29 is 14.4 Å². The Morgan fingerprint density at radius 2 is 1.50 bits per heavy atom. The van der Waals surface area contributed by atoms with Gasteiger partial charge in [0.15, 0.2) is 0 Å². The topological polar surface area (TPSA) is 66.5 Å². The van der Waals surface area contributed by atoms with Gasteiger partial charge >= 0.3 is 0 Å². The molecule has 5 nitrogen and oxygen atoms in total. The highest BCUT2D eigenvalue weighted by Gasteiger charge is 2.38. The van der Waals surface area contributed by atoms with Crippen molar-refractivity contribution in [1.29, 1.82) is 0 Å². The van der Waals surface area contributed by atoms with E-state index in [2.05, 4.69) is 17.4 Å². The first-order valence-electron chi connectivity index (χ1n) is 8.88. The molecule has 0 saturated carbocycles. The maximum absolute atomic E-state index is 12.4. The minimum absolute atomic E-state index is 0.0419. The molecule has 0 spiro atoms. The number of ketones is 1. The summed E-state index contributed by atoms with van der Waals surface area (Å²) in [7, 11) is 0. The third-order valence-electron chi connectivity index (χ3n) is 5.21. The summed E-state index contributed by atoms with van der Waals surface area (Å²) < 4.78 is 0. The van der Waals surface area contributed by atoms with Crippen LogP contribution in [0.4, 0.5) is 0 Å². The maximum Gasteiger partial charge on any atom is 0.292 e. The summed E-state index contributed by atoms with van der Waals surface area (Å²) in [5, 5.41) is 2.73. The zero-order chi connectivity index (χ0) is 18.1. The quantitative estimate of drug-likeness (QED) is 0.676. The number of benzene rings is 2. The lowest BCUT2D eigenvalue weighted by molar-refractivity contribution is -0.129. The lowest BCUT2D eigenvalue weighted by atomic mass is 10.1. The summed E-state index contributed by atoms with van der Waals surface area (Å²) in [6.45, 7) is 0.464. The Morgan fingerprint density at radius 1 is 0.885 bits per heavy atom. The van der Waals surface area contributed by atoms with E-state index in [1.54, 1.807) is 30.3 Å². The summed E-state index contributed by atoms with van der Waals surface area (Å²) in [5.41, 5.74) is 2.94. The number of Topliss-reactive ketones (excluding diaryl/α,β-unsaturated/α-hetero) is 1. The number of likely N-dealkylation sites (tertiary alicyclic amines) is 1. The maximum atomic E-state index is 12.4. The molecule has 1 heterocycles. The van der Waals surface area contributed by atoms with Crippen molar-refractivity contribution in [3.8, 4) is 0 Å². The van der Waals surface area contributed by atoms with E-state index < -0.39 is 11.7 Å². The highest BCUT2D eigenvalue weighted by molar-refractivity contribution is 6.42. The van der Waals surface area contributed by atoms with E-state index in [0.717, 1.165) is 12.8 Å². The highest BCUT2D eigenvalue weighted by atomic mass is 16.2. The Morgan fingerprint density at radius 3 is 2.15 bits per heavy atom. The molecule has 0 bridgehead atoms. The first-order valence-corrected chi connectivity index (χ1v) is 8.88. The van der Waals surface area contributed by atoms with Crippen LogP contribution in [0.25, 0.3) is 0 Å². The fourth-order valence-corrected chi connectivity index (χ4v) is 3.91. The fraction of sp³-hybridized carbons (Fsp3) is 0.286. The van der Waals surface area contributed by atoms with Gasteiger partial charge in [0.2, 0.25) is 11.7 Å². The van der Waals surface area contributed by atoms with Crippen LogP contribution in [0.5, 0.6) is 0 Å². The van der Waals surface area contributed by atoms with Crippen LogP contribution in [0.15, 0.2) is 54.6 Å². The molecule has 4 rings (SSSR count). The number of amides is 2. The van der Waals surface area contributed by atoms with Crippen molar-refractivity contribution in [3.05, 3.63) is 71.3 Å². The molecule has 2 amide bonds. The van der Waals surface area contributed by atoms with Crippen LogP contribution in [-0.4, -0.2) is 41.1 Å². The Labute approximate surface area is 152 Å². The predicted molar refractivity (Wildman–Crippen MR) is 96.7 cm³/mol. The van der Waals surface area contributed by atoms with Gasteiger partial charge in [-0.1, -0.05) is 54.6 Å². The van der Waals surface area contributed by atoms with Crippen LogP contribution in [0.1, 0.15) is 27.9 Å². The second-order valence-electron chi connectivity index (χ2n) is 6.95. The smallest absolute Gasteiger partial charge is 0.292 e. The van der Waals surface area contributed by atoms with E-state index in [-0.39, 0.29) is 24.4 Å². The van der Waals surface area contributed by atoms with Crippen molar-refractivity contribution in [2.24, 2.45) is 0 Å². The van der Waals surface area contributed by atoms with Gasteiger partial charge < -0.3 is 10.2 Å². The fourth-order valence-electron chi connectivity index (χ4n) is 3.91. The molecule has 2 aliphatic rings. The van der Waals surface area contributed by atoms with Gasteiger partial charge in [-0.25, -0.2) is 0 Å². The van der Waals surface area contributed by atoms with Gasteiger partial charge in [0.05, 0.1) is 6.04 Å². The largest absolute Gasteiger partial charge is 0.344 e. The molecule has 2 aromatic carbocycles. The zero-order valence-electron chi connectivity index (χ0n) is 14.4. The van der Waals surface area contributed by atoms with E-state index in [1.807, 2.05) is 17.0 Å². The minimum atomic E-state index is -0.648. The third kappa shape index (κ3) is 3.12. The summed E-state index contributed by atoms with van der Waals surface area (Å²) in [5.74, 6) is -1.17. The Hall–Kier alpha value is -2.95. The number of hydrogen-bond acceptors (Lipinski definition) is 3. The summed E-state index contributed by atoms with van der Waals surface area (Å²) in [6.07, 6.45) is 1.96. The van der Waals surface area contributed by atoms with Crippen LogP contribution in [0, 0.1) is 0 Å². The Balaban J connectivity index is 1.38. The van der Waals surface area contributed by atoms with Gasteiger partial charge in [0.25, 0.3) is 5.91 Å². The van der Waals surface area contributed by atoms with Crippen LogP contribution in [0.2, 0.25) is 0 Å². The summed E-state index contributed by atoms with van der Waals surface area (Å²) in [6, 6.07) is 16.5. The first kappa shape index (κ1) is 16.5. The summed E-state index contributed by atoms with van der Waals surface area (Å²) >= 11 is 0. The van der Waals surface area contributed by atoms with Crippen LogP contribution >= 0.6 is 0 Å². The second kappa shape index (κ2) is 6.75. The monoisotopic (exact) mass is 348 g/mol. The van der Waals surface area contributed by atoms with E-state index in [1.165, 1.54) is 11.1 Å². The van der Waals surface area contributed by atoms with Gasteiger partial charge in [0, 0.05) is 24.6 Å². The average molecular weight is 348 g/mol. The lowest BCUT2D eigenvalue weighted by Crippen LogP contribution is -2.43. The zero-order valence-corrected chi connectivity index (χ0v) is 14.4. The number of nitrogens with zero attached hydrogens (tertiary/aromatic N) is 1. The van der Waals surface area contributed by atoms with Crippen molar-refractivity contribution in [3.63, 3.8) is 0 Å². The van der Waals surface area contributed by atoms with E-state index >= 15 is 0 Å². The molecule has 1 atom stereocenters. The van der Waals surface area contributed by atoms with Crippen molar-refractivity contribution in [1.82, 2.24) is 10.2 Å².